The van der Waals surface area contributed by atoms with Crippen molar-refractivity contribution in [1.29, 1.82) is 0 Å². The highest BCUT2D eigenvalue weighted by molar-refractivity contribution is 7.86. The number of nitrogens with zero attached hydrogens (tertiary/aromatic N) is 2. The van der Waals surface area contributed by atoms with Gasteiger partial charge in [0.1, 0.15) is 29.9 Å². The quantitative estimate of drug-likeness (QED) is 0.0117. The molecule has 0 aromatic heterocycles. The number of benzene rings is 4. The minimum Gasteiger partial charge on any atom is -0.481 e. The molecular formula is C72H90N5O17S2+. The summed E-state index contributed by atoms with van der Waals surface area (Å²) in [4.78, 5) is 90.3. The van der Waals surface area contributed by atoms with Crippen LogP contribution in [0.2, 0.25) is 0 Å². The van der Waals surface area contributed by atoms with E-state index in [4.69, 9.17) is 9.84 Å². The maximum absolute atomic E-state index is 14.2. The van der Waals surface area contributed by atoms with E-state index in [9.17, 15) is 69.7 Å². The van der Waals surface area contributed by atoms with Gasteiger partial charge in [-0.2, -0.15) is 21.4 Å². The molecule has 4 aromatic carbocycles. The standard InChI is InChI=1S/C72H89N5O17S2/c1-71(2)56-25-9-11-27-60(56)76(42-14-16-44-95(88,89)90)63(71)39-33-51-22-18-23-52(34-40-64-72(3,4)57-26-10-12-28-61(57)77(64)43-15-17-45-96(91,92)93)67(51)94-55-36-31-50(32-37-55)46-53(68(83)84)48-62(79)59(47-49-20-6-5-7-21-49)74-65(80)29-13-8-24-54(78)35-38-58(69(85)86)75-70(87)73-41-19-30-66(81)82/h5-7,9-12,20-21,25-28,31-34,36-37,39-40,53,58-59H,8,13-19,22-24,29-30,35,38,41-48H2,1-4H3,(H7-,73,74,75,80,81,82,83,84,85,86,87,88,89,90,91,92,93)/p+1/t53-,58+,59+/m1/s1. The lowest BCUT2D eigenvalue weighted by Gasteiger charge is -2.27. The SMILES string of the molecule is CC1(C)C(=CC=C2CCCC(C=CC3=[N+](CCCCS(=O)(=O)O)c4ccccc4C3(C)C)=C2Oc2ccc(C[C@H](CC(=O)[C@H](Cc3ccccc3)NC(=O)CCCCC(=O)CC[C@H](NC(=O)NCCCC(=O)O)C(=O)O)C(=O)O)cc2)N(CCCCS(=O)(=O)O)c2ccccc21. The number of fused-ring (bicyclic) bond motifs is 2. The summed E-state index contributed by atoms with van der Waals surface area (Å²) in [6, 6.07) is 28.9. The molecule has 8 N–H and O–H groups in total. The number of anilines is 1. The molecule has 0 saturated carbocycles. The van der Waals surface area contributed by atoms with Gasteiger partial charge in [-0.05, 0) is 149 Å². The first kappa shape index (κ1) is 74.8. The number of carbonyl (C=O) groups excluding carboxylic acids is 4. The van der Waals surface area contributed by atoms with Crippen molar-refractivity contribution in [3.8, 4) is 5.75 Å². The highest BCUT2D eigenvalue weighted by Gasteiger charge is 2.44. The van der Waals surface area contributed by atoms with Gasteiger partial charge in [-0.1, -0.05) is 98.8 Å². The Labute approximate surface area is 562 Å². The number of urea groups is 1. The summed E-state index contributed by atoms with van der Waals surface area (Å²) in [6.07, 6.45) is 11.7. The number of rotatable bonds is 38. The van der Waals surface area contributed by atoms with E-state index in [0.717, 1.165) is 57.0 Å². The van der Waals surface area contributed by atoms with E-state index in [1.807, 2.05) is 36.4 Å². The summed E-state index contributed by atoms with van der Waals surface area (Å²) >= 11 is 0. The first-order chi connectivity index (χ1) is 45.5. The number of allylic oxidation sites excluding steroid dienone is 7. The van der Waals surface area contributed by atoms with Gasteiger partial charge in [-0.15, -0.1) is 0 Å². The monoisotopic (exact) mass is 1360 g/mol. The van der Waals surface area contributed by atoms with Gasteiger partial charge in [0.15, 0.2) is 11.5 Å². The van der Waals surface area contributed by atoms with Crippen molar-refractivity contribution >= 4 is 78.7 Å². The molecule has 3 aliphatic rings. The fraction of sp³-hybridized carbons (Fsp3) is 0.444. The molecule has 0 spiro atoms. The Morgan fingerprint density at radius 2 is 1.28 bits per heavy atom. The lowest BCUT2D eigenvalue weighted by Crippen LogP contribution is -2.46. The Balaban J connectivity index is 1.09. The van der Waals surface area contributed by atoms with Crippen LogP contribution in [0.3, 0.4) is 0 Å². The number of aliphatic carboxylic acids is 3. The predicted octanol–water partition coefficient (Wildman–Crippen LogP) is 10.5. The van der Waals surface area contributed by atoms with Crippen molar-refractivity contribution in [2.45, 2.75) is 166 Å². The number of unbranched alkanes of at least 4 members (excludes halogenated alkanes) is 3. The maximum Gasteiger partial charge on any atom is 0.326 e. The molecule has 7 rings (SSSR count). The van der Waals surface area contributed by atoms with Gasteiger partial charge in [0, 0.05) is 86.1 Å². The molecule has 516 valence electrons. The summed E-state index contributed by atoms with van der Waals surface area (Å²) in [5.74, 6) is -5.65. The molecule has 4 aromatic rings. The minimum absolute atomic E-state index is 0.0141. The van der Waals surface area contributed by atoms with Crippen LogP contribution < -0.4 is 25.6 Å². The van der Waals surface area contributed by atoms with Crippen LogP contribution in [0, 0.1) is 5.92 Å². The maximum atomic E-state index is 14.2. The average Bonchev–Trinajstić information content (AvgIpc) is 1.60. The zero-order valence-electron chi connectivity index (χ0n) is 55.0. The number of nitrogens with one attached hydrogen (secondary N) is 3. The van der Waals surface area contributed by atoms with Crippen LogP contribution in [0.4, 0.5) is 16.2 Å². The predicted molar refractivity (Wildman–Crippen MR) is 365 cm³/mol. The summed E-state index contributed by atoms with van der Waals surface area (Å²) in [5, 5.41) is 36.5. The zero-order chi connectivity index (χ0) is 69.8. The second kappa shape index (κ2) is 34.4. The number of carbonyl (C=O) groups is 7. The van der Waals surface area contributed by atoms with Crippen molar-refractivity contribution in [3.63, 3.8) is 0 Å². The normalized spacial score (nSPS) is 16.8. The van der Waals surface area contributed by atoms with E-state index in [2.05, 4.69) is 89.6 Å². The van der Waals surface area contributed by atoms with Gasteiger partial charge in [-0.3, -0.25) is 33.1 Å². The van der Waals surface area contributed by atoms with Gasteiger partial charge < -0.3 is 40.9 Å². The van der Waals surface area contributed by atoms with Crippen LogP contribution in [0.1, 0.15) is 153 Å². The fourth-order valence-electron chi connectivity index (χ4n) is 12.6. The number of carboxylic acid groups (broad SMARTS) is 3. The Morgan fingerprint density at radius 1 is 0.635 bits per heavy atom. The smallest absolute Gasteiger partial charge is 0.326 e. The van der Waals surface area contributed by atoms with Crippen LogP contribution in [0.15, 0.2) is 150 Å². The third kappa shape index (κ3) is 22.0. The molecule has 2 heterocycles. The third-order valence-electron chi connectivity index (χ3n) is 17.7. The zero-order valence-corrected chi connectivity index (χ0v) is 56.6. The molecule has 2 aliphatic heterocycles. The molecule has 0 fully saturated rings. The van der Waals surface area contributed by atoms with Gasteiger partial charge in [0.05, 0.1) is 28.9 Å². The fourth-order valence-corrected chi connectivity index (χ4v) is 13.8. The van der Waals surface area contributed by atoms with E-state index in [1.54, 1.807) is 54.6 Å². The summed E-state index contributed by atoms with van der Waals surface area (Å²) in [6.45, 7) is 9.60. The Kier molecular flexibility index (Phi) is 26.8. The number of ether oxygens (including phenoxy) is 1. The number of amides is 3. The third-order valence-corrected chi connectivity index (χ3v) is 19.3. The molecule has 0 bridgehead atoms. The van der Waals surface area contributed by atoms with Gasteiger partial charge in [-0.25, -0.2) is 9.59 Å². The summed E-state index contributed by atoms with van der Waals surface area (Å²) in [5.41, 5.74) is 8.42. The number of hydrogen-bond donors (Lipinski definition) is 8. The number of ketones is 2. The largest absolute Gasteiger partial charge is 0.481 e. The molecule has 0 unspecified atom stereocenters. The second-order valence-electron chi connectivity index (χ2n) is 25.8. The van der Waals surface area contributed by atoms with E-state index in [0.29, 0.717) is 55.8 Å². The van der Waals surface area contributed by atoms with Crippen LogP contribution >= 0.6 is 0 Å². The van der Waals surface area contributed by atoms with E-state index < -0.39 is 91.1 Å². The number of para-hydroxylation sites is 2. The number of Topliss-reactive ketones (excluding diaryl/α,β-unsaturated/α-hetero) is 2. The summed E-state index contributed by atoms with van der Waals surface area (Å²) in [7, 11) is -8.28. The van der Waals surface area contributed by atoms with Crippen LogP contribution in [-0.2, 0) is 72.7 Å². The lowest BCUT2D eigenvalue weighted by atomic mass is 9.81. The van der Waals surface area contributed by atoms with Crippen LogP contribution in [0.25, 0.3) is 0 Å². The Morgan fingerprint density at radius 3 is 1.96 bits per heavy atom. The van der Waals surface area contributed by atoms with Crippen LogP contribution in [0.5, 0.6) is 5.75 Å². The second-order valence-corrected chi connectivity index (χ2v) is 28.9. The van der Waals surface area contributed by atoms with Crippen molar-refractivity contribution in [2.24, 2.45) is 5.92 Å². The van der Waals surface area contributed by atoms with Gasteiger partial charge in [0.25, 0.3) is 20.2 Å². The molecule has 3 atom stereocenters. The number of hydrogen-bond acceptors (Lipinski definition) is 13. The lowest BCUT2D eigenvalue weighted by molar-refractivity contribution is -0.438. The van der Waals surface area contributed by atoms with E-state index in [-0.39, 0.29) is 101 Å². The minimum atomic E-state index is -4.14. The number of carboxylic acids is 3. The van der Waals surface area contributed by atoms with Crippen molar-refractivity contribution in [2.75, 3.05) is 36.0 Å². The highest BCUT2D eigenvalue weighted by atomic mass is 32.2. The molecule has 96 heavy (non-hydrogen) atoms. The molecular weight excluding hydrogens is 1270 g/mol. The van der Waals surface area contributed by atoms with Crippen molar-refractivity contribution in [3.05, 3.63) is 172 Å². The van der Waals surface area contributed by atoms with Gasteiger partial charge in [0.2, 0.25) is 11.6 Å². The Hall–Kier alpha value is -8.58. The van der Waals surface area contributed by atoms with E-state index in [1.165, 1.54) is 0 Å². The van der Waals surface area contributed by atoms with Crippen molar-refractivity contribution in [1.82, 2.24) is 16.0 Å². The first-order valence-corrected chi connectivity index (χ1v) is 35.9. The van der Waals surface area contributed by atoms with Crippen LogP contribution in [-0.4, -0.2) is 136 Å². The topological polar surface area (TPSA) is 340 Å². The molecule has 22 nitrogen and oxygen atoms in total. The molecule has 0 radical (unpaired) electrons. The van der Waals surface area contributed by atoms with Gasteiger partial charge >= 0.3 is 23.9 Å². The Bertz CT molecular complexity index is 3870. The average molecular weight is 1360 g/mol. The summed E-state index contributed by atoms with van der Waals surface area (Å²) < 4.78 is 74.9. The first-order valence-electron chi connectivity index (χ1n) is 32.7. The molecule has 0 saturated heterocycles. The molecule has 1 aliphatic carbocycles. The molecule has 24 heteroatoms. The molecule has 3 amide bonds. The van der Waals surface area contributed by atoms with Crippen molar-refractivity contribution < 1.29 is 84.1 Å². The highest BCUT2D eigenvalue weighted by Crippen LogP contribution is 2.48. The van der Waals surface area contributed by atoms with E-state index >= 15 is 0 Å².